The molecule has 0 atom stereocenters. The number of hydrogen-bond donors (Lipinski definition) is 0. The summed E-state index contributed by atoms with van der Waals surface area (Å²) in [5.74, 6) is -0.130. The highest BCUT2D eigenvalue weighted by Crippen LogP contribution is 2.32. The van der Waals surface area contributed by atoms with E-state index in [4.69, 9.17) is 11.6 Å². The van der Waals surface area contributed by atoms with Gasteiger partial charge in [0.05, 0.1) is 10.7 Å². The highest BCUT2D eigenvalue weighted by Gasteiger charge is 2.38. The maximum absolute atomic E-state index is 12.4. The van der Waals surface area contributed by atoms with Crippen molar-refractivity contribution in [3.8, 4) is 0 Å². The third-order valence-corrected chi connectivity index (χ3v) is 3.90. The van der Waals surface area contributed by atoms with Crippen molar-refractivity contribution in [1.29, 1.82) is 0 Å². The number of nitrogens with zero attached hydrogens (tertiary/aromatic N) is 2. The Morgan fingerprint density at radius 1 is 1.10 bits per heavy atom. The third kappa shape index (κ3) is 2.14. The van der Waals surface area contributed by atoms with Gasteiger partial charge < -0.3 is 0 Å². The number of carbonyl (C=O) groups excluding carboxylic acids is 2. The van der Waals surface area contributed by atoms with Gasteiger partial charge in [-0.05, 0) is 38.3 Å². The lowest BCUT2D eigenvalue weighted by Gasteiger charge is -2.17. The van der Waals surface area contributed by atoms with E-state index >= 15 is 0 Å². The number of pyridine rings is 1. The lowest BCUT2D eigenvalue weighted by atomic mass is 10.1. The third-order valence-electron chi connectivity index (χ3n) is 3.52. The van der Waals surface area contributed by atoms with Gasteiger partial charge in [0.2, 0.25) is 0 Å². The van der Waals surface area contributed by atoms with E-state index in [9.17, 15) is 9.59 Å². The molecular formula is C15H17ClN2O2. The lowest BCUT2D eigenvalue weighted by Crippen LogP contribution is -2.33. The van der Waals surface area contributed by atoms with Crippen LogP contribution in [0.4, 0.5) is 5.82 Å². The minimum Gasteiger partial charge on any atom is -0.269 e. The van der Waals surface area contributed by atoms with Crippen LogP contribution in [-0.2, 0) is 9.59 Å². The van der Waals surface area contributed by atoms with Crippen molar-refractivity contribution in [3.05, 3.63) is 33.5 Å². The van der Waals surface area contributed by atoms with E-state index in [0.29, 0.717) is 40.5 Å². The average molecular weight is 293 g/mol. The highest BCUT2D eigenvalue weighted by molar-refractivity contribution is 6.33. The van der Waals surface area contributed by atoms with E-state index in [0.717, 1.165) is 5.56 Å². The molecule has 2 amide bonds. The smallest absolute Gasteiger partial charge is 0.262 e. The molecule has 0 aliphatic carbocycles. The number of halogens is 1. The first-order valence-electron chi connectivity index (χ1n) is 6.66. The summed E-state index contributed by atoms with van der Waals surface area (Å²) in [6, 6.07) is 1.73. The normalized spacial score (nSPS) is 15.6. The summed E-state index contributed by atoms with van der Waals surface area (Å²) in [5.41, 5.74) is 2.50. The first kappa shape index (κ1) is 14.7. The van der Waals surface area contributed by atoms with Gasteiger partial charge in [-0.1, -0.05) is 25.4 Å². The largest absolute Gasteiger partial charge is 0.269 e. The van der Waals surface area contributed by atoms with E-state index in [1.807, 2.05) is 13.8 Å². The second-order valence-corrected chi connectivity index (χ2v) is 5.21. The molecule has 106 valence electrons. The maximum Gasteiger partial charge on any atom is 0.262 e. The van der Waals surface area contributed by atoms with Crippen LogP contribution in [0.3, 0.4) is 0 Å². The molecule has 0 unspecified atom stereocenters. The molecular weight excluding hydrogens is 276 g/mol. The molecule has 1 aliphatic rings. The summed E-state index contributed by atoms with van der Waals surface area (Å²) in [4.78, 5) is 30.4. The molecule has 1 aliphatic heterocycles. The topological polar surface area (TPSA) is 50.3 Å². The Bertz CT molecular complexity index is 609. The first-order chi connectivity index (χ1) is 9.42. The Morgan fingerprint density at radius 2 is 1.60 bits per heavy atom. The van der Waals surface area contributed by atoms with Gasteiger partial charge in [-0.15, -0.1) is 0 Å². The Hall–Kier alpha value is -1.68. The van der Waals surface area contributed by atoms with Gasteiger partial charge in [0.25, 0.3) is 11.8 Å². The van der Waals surface area contributed by atoms with Crippen LogP contribution in [-0.4, -0.2) is 16.8 Å². The van der Waals surface area contributed by atoms with Crippen molar-refractivity contribution in [2.75, 3.05) is 4.90 Å². The molecule has 0 N–H and O–H groups in total. The standard InChI is InChI=1S/C15H17ClN2O2/c1-5-10-11(6-2)15(20)18(14(10)19)13-8(3)7-12(16)9(4)17-13/h7H,5-6H2,1-4H3. The van der Waals surface area contributed by atoms with Crippen molar-refractivity contribution in [2.24, 2.45) is 0 Å². The summed E-state index contributed by atoms with van der Waals surface area (Å²) >= 11 is 6.02. The average Bonchev–Trinajstić information content (AvgIpc) is 2.64. The molecule has 1 aromatic rings. The minimum atomic E-state index is -0.258. The second kappa shape index (κ2) is 5.37. The molecule has 20 heavy (non-hydrogen) atoms. The number of aryl methyl sites for hydroxylation is 2. The van der Waals surface area contributed by atoms with Crippen molar-refractivity contribution in [1.82, 2.24) is 4.98 Å². The van der Waals surface area contributed by atoms with Crippen LogP contribution in [0.1, 0.15) is 37.9 Å². The van der Waals surface area contributed by atoms with Crippen molar-refractivity contribution < 1.29 is 9.59 Å². The predicted octanol–water partition coefficient (Wildman–Crippen LogP) is 3.34. The van der Waals surface area contributed by atoms with Crippen LogP contribution < -0.4 is 4.90 Å². The molecule has 1 aromatic heterocycles. The fraction of sp³-hybridized carbons (Fsp3) is 0.400. The van der Waals surface area contributed by atoms with Gasteiger partial charge >= 0.3 is 0 Å². The van der Waals surface area contributed by atoms with Gasteiger partial charge in [-0.2, -0.15) is 0 Å². The molecule has 0 bridgehead atoms. The van der Waals surface area contributed by atoms with Crippen LogP contribution >= 0.6 is 11.6 Å². The number of rotatable bonds is 3. The molecule has 0 radical (unpaired) electrons. The molecule has 4 nitrogen and oxygen atoms in total. The number of amides is 2. The van der Waals surface area contributed by atoms with Crippen molar-refractivity contribution >= 4 is 29.2 Å². The quantitative estimate of drug-likeness (QED) is 0.803. The van der Waals surface area contributed by atoms with Crippen LogP contribution in [0.5, 0.6) is 0 Å². The molecule has 0 aromatic carbocycles. The fourth-order valence-electron chi connectivity index (χ4n) is 2.43. The van der Waals surface area contributed by atoms with Crippen LogP contribution in [0, 0.1) is 13.8 Å². The summed E-state index contributed by atoms with van der Waals surface area (Å²) in [6.07, 6.45) is 1.10. The van der Waals surface area contributed by atoms with Crippen molar-refractivity contribution in [2.45, 2.75) is 40.5 Å². The SMILES string of the molecule is CCC1=C(CC)C(=O)N(c2nc(C)c(Cl)cc2C)C1=O. The molecule has 0 saturated heterocycles. The Balaban J connectivity index is 2.54. The summed E-state index contributed by atoms with van der Waals surface area (Å²) < 4.78 is 0. The zero-order valence-electron chi connectivity index (χ0n) is 12.1. The maximum atomic E-state index is 12.4. The second-order valence-electron chi connectivity index (χ2n) is 4.81. The van der Waals surface area contributed by atoms with Crippen LogP contribution in [0.2, 0.25) is 5.02 Å². The highest BCUT2D eigenvalue weighted by atomic mass is 35.5. The molecule has 2 rings (SSSR count). The Morgan fingerprint density at radius 3 is 2.05 bits per heavy atom. The molecule has 0 fully saturated rings. The van der Waals surface area contributed by atoms with E-state index in [1.165, 1.54) is 4.90 Å². The number of aromatic nitrogens is 1. The summed E-state index contributed by atoms with van der Waals surface area (Å²) in [7, 11) is 0. The Kier molecular flexibility index (Phi) is 3.95. The first-order valence-corrected chi connectivity index (χ1v) is 7.04. The molecule has 2 heterocycles. The predicted molar refractivity (Wildman–Crippen MR) is 78.8 cm³/mol. The van der Waals surface area contributed by atoms with Gasteiger partial charge in [-0.3, -0.25) is 9.59 Å². The van der Waals surface area contributed by atoms with Crippen LogP contribution in [0.25, 0.3) is 0 Å². The van der Waals surface area contributed by atoms with Gasteiger partial charge in [0.15, 0.2) is 0 Å². The van der Waals surface area contributed by atoms with E-state index in [2.05, 4.69) is 4.98 Å². The van der Waals surface area contributed by atoms with E-state index < -0.39 is 0 Å². The molecule has 0 spiro atoms. The summed E-state index contributed by atoms with van der Waals surface area (Å²) in [6.45, 7) is 7.31. The zero-order chi connectivity index (χ0) is 15.0. The molecule has 5 heteroatoms. The number of anilines is 1. The van der Waals surface area contributed by atoms with Crippen LogP contribution in [0.15, 0.2) is 17.2 Å². The Labute approximate surface area is 123 Å². The fourth-order valence-corrected chi connectivity index (χ4v) is 2.63. The zero-order valence-corrected chi connectivity index (χ0v) is 12.8. The van der Waals surface area contributed by atoms with E-state index in [1.54, 1.807) is 19.9 Å². The van der Waals surface area contributed by atoms with Gasteiger partial charge in [0.1, 0.15) is 5.82 Å². The minimum absolute atomic E-state index is 0.258. The lowest BCUT2D eigenvalue weighted by molar-refractivity contribution is -0.120. The number of hydrogen-bond acceptors (Lipinski definition) is 3. The van der Waals surface area contributed by atoms with Crippen molar-refractivity contribution in [3.63, 3.8) is 0 Å². The number of imide groups is 1. The van der Waals surface area contributed by atoms with Gasteiger partial charge in [0, 0.05) is 11.1 Å². The summed E-state index contributed by atoms with van der Waals surface area (Å²) in [5, 5.41) is 0.532. The number of carbonyl (C=O) groups is 2. The van der Waals surface area contributed by atoms with Gasteiger partial charge in [-0.25, -0.2) is 9.88 Å². The molecule has 0 saturated carbocycles. The monoisotopic (exact) mass is 292 g/mol. The van der Waals surface area contributed by atoms with E-state index in [-0.39, 0.29) is 11.8 Å².